The van der Waals surface area contributed by atoms with Gasteiger partial charge in [0, 0.05) is 35.9 Å². The highest BCUT2D eigenvalue weighted by molar-refractivity contribution is 5.97. The zero-order chi connectivity index (χ0) is 12.5. The molecule has 6 heteroatoms. The number of imidazole rings is 1. The smallest absolute Gasteiger partial charge is 0.341 e. The lowest BCUT2D eigenvalue weighted by molar-refractivity contribution is 0.0602. The first kappa shape index (κ1) is 10.5. The summed E-state index contributed by atoms with van der Waals surface area (Å²) >= 11 is 0. The Morgan fingerprint density at radius 2 is 2.33 bits per heavy atom. The molecular formula is C12H10N4O2. The highest BCUT2D eigenvalue weighted by atomic mass is 16.5. The van der Waals surface area contributed by atoms with Crippen LogP contribution in [0.3, 0.4) is 0 Å². The number of esters is 1. The molecule has 0 atom stereocenters. The monoisotopic (exact) mass is 242 g/mol. The third kappa shape index (κ3) is 1.55. The topological polar surface area (TPSA) is 72.3 Å². The summed E-state index contributed by atoms with van der Waals surface area (Å²) in [6.45, 7) is 0. The van der Waals surface area contributed by atoms with Gasteiger partial charge in [0.2, 0.25) is 0 Å². The Labute approximate surface area is 102 Å². The molecule has 90 valence electrons. The fraction of sp³-hybridized carbons (Fsp3) is 0.0833. The summed E-state index contributed by atoms with van der Waals surface area (Å²) in [7, 11) is 1.35. The van der Waals surface area contributed by atoms with Gasteiger partial charge in [0.1, 0.15) is 5.56 Å². The number of rotatable bonds is 2. The van der Waals surface area contributed by atoms with Crippen LogP contribution in [0.4, 0.5) is 0 Å². The maximum Gasteiger partial charge on any atom is 0.341 e. The number of aromatic nitrogens is 4. The molecule has 6 nitrogen and oxygen atoms in total. The summed E-state index contributed by atoms with van der Waals surface area (Å²) < 4.78 is 6.56. The van der Waals surface area contributed by atoms with Crippen molar-refractivity contribution in [1.29, 1.82) is 0 Å². The van der Waals surface area contributed by atoms with Crippen molar-refractivity contribution in [3.8, 4) is 11.1 Å². The van der Waals surface area contributed by atoms with E-state index < -0.39 is 5.97 Å². The molecule has 0 bridgehead atoms. The lowest BCUT2D eigenvalue weighted by atomic mass is 10.1. The van der Waals surface area contributed by atoms with E-state index in [-0.39, 0.29) is 0 Å². The highest BCUT2D eigenvalue weighted by Crippen LogP contribution is 2.22. The van der Waals surface area contributed by atoms with Gasteiger partial charge in [-0.2, -0.15) is 5.10 Å². The van der Waals surface area contributed by atoms with Crippen molar-refractivity contribution in [3.05, 3.63) is 42.6 Å². The minimum Gasteiger partial charge on any atom is -0.465 e. The molecule has 0 aliphatic heterocycles. The second kappa shape index (κ2) is 3.99. The lowest BCUT2D eigenvalue weighted by Crippen LogP contribution is -2.04. The number of nitrogens with zero attached hydrogens (tertiary/aromatic N) is 3. The first-order chi connectivity index (χ1) is 8.79. The normalized spacial score (nSPS) is 10.7. The van der Waals surface area contributed by atoms with Gasteiger partial charge < -0.3 is 9.14 Å². The van der Waals surface area contributed by atoms with Crippen LogP contribution in [-0.4, -0.2) is 32.7 Å². The van der Waals surface area contributed by atoms with Crippen LogP contribution in [0.25, 0.3) is 16.8 Å². The molecule has 0 spiro atoms. The Morgan fingerprint density at radius 1 is 1.44 bits per heavy atom. The molecule has 0 aliphatic rings. The van der Waals surface area contributed by atoms with E-state index in [0.29, 0.717) is 11.2 Å². The van der Waals surface area contributed by atoms with E-state index >= 15 is 0 Å². The van der Waals surface area contributed by atoms with Crippen LogP contribution >= 0.6 is 0 Å². The zero-order valence-corrected chi connectivity index (χ0v) is 9.62. The Morgan fingerprint density at radius 3 is 3.06 bits per heavy atom. The van der Waals surface area contributed by atoms with Crippen LogP contribution in [0.5, 0.6) is 0 Å². The van der Waals surface area contributed by atoms with E-state index in [2.05, 4.69) is 15.2 Å². The van der Waals surface area contributed by atoms with E-state index in [9.17, 15) is 4.79 Å². The molecule has 0 unspecified atom stereocenters. The number of H-pyrrole nitrogens is 1. The van der Waals surface area contributed by atoms with Gasteiger partial charge in [0.25, 0.3) is 0 Å². The molecule has 0 amide bonds. The van der Waals surface area contributed by atoms with E-state index in [1.165, 1.54) is 7.11 Å². The summed E-state index contributed by atoms with van der Waals surface area (Å²) in [5.74, 6) is -0.406. The van der Waals surface area contributed by atoms with Gasteiger partial charge in [-0.1, -0.05) is 0 Å². The van der Waals surface area contributed by atoms with E-state index in [0.717, 1.165) is 11.1 Å². The van der Waals surface area contributed by atoms with Crippen molar-refractivity contribution < 1.29 is 9.53 Å². The Bertz CT molecular complexity index is 700. The molecule has 18 heavy (non-hydrogen) atoms. The van der Waals surface area contributed by atoms with Gasteiger partial charge in [0.05, 0.1) is 13.3 Å². The van der Waals surface area contributed by atoms with E-state index in [1.807, 2.05) is 6.20 Å². The minimum atomic E-state index is -0.406. The van der Waals surface area contributed by atoms with Gasteiger partial charge in [-0.05, 0) is 6.07 Å². The van der Waals surface area contributed by atoms with Crippen LogP contribution in [0.2, 0.25) is 0 Å². The minimum absolute atomic E-state index is 0.406. The summed E-state index contributed by atoms with van der Waals surface area (Å²) in [4.78, 5) is 15.9. The van der Waals surface area contributed by atoms with Crippen LogP contribution in [0.1, 0.15) is 10.4 Å². The number of hydrogen-bond donors (Lipinski definition) is 1. The number of ether oxygens (including phenoxy) is 1. The van der Waals surface area contributed by atoms with Crippen LogP contribution in [-0.2, 0) is 4.74 Å². The quantitative estimate of drug-likeness (QED) is 0.691. The van der Waals surface area contributed by atoms with Gasteiger partial charge in [-0.3, -0.25) is 5.10 Å². The number of carbonyl (C=O) groups is 1. The molecule has 3 heterocycles. The van der Waals surface area contributed by atoms with E-state index in [4.69, 9.17) is 4.74 Å². The first-order valence-corrected chi connectivity index (χ1v) is 5.34. The standard InChI is InChI=1S/C12H10N4O2/c1-18-12(17)10-4-8(9-5-14-15-6-9)7-16-3-2-13-11(10)16/h2-7H,1H3,(H,14,15). The molecule has 3 aromatic heterocycles. The number of carbonyl (C=O) groups excluding carboxylic acids is 1. The lowest BCUT2D eigenvalue weighted by Gasteiger charge is -2.05. The van der Waals surface area contributed by atoms with Gasteiger partial charge in [-0.25, -0.2) is 9.78 Å². The van der Waals surface area contributed by atoms with Crippen LogP contribution < -0.4 is 0 Å². The molecule has 1 N–H and O–H groups in total. The van der Waals surface area contributed by atoms with Crippen LogP contribution in [0, 0.1) is 0 Å². The Balaban J connectivity index is 2.26. The predicted octanol–water partition coefficient (Wildman–Crippen LogP) is 1.51. The molecule has 0 aromatic carbocycles. The third-order valence-corrected chi connectivity index (χ3v) is 2.72. The molecule has 3 rings (SSSR count). The Kier molecular flexibility index (Phi) is 2.33. The molecule has 0 aliphatic carbocycles. The maximum atomic E-state index is 11.7. The summed E-state index contributed by atoms with van der Waals surface area (Å²) in [5, 5.41) is 6.64. The van der Waals surface area contributed by atoms with Gasteiger partial charge in [0.15, 0.2) is 5.65 Å². The van der Waals surface area contributed by atoms with Crippen molar-refractivity contribution in [2.75, 3.05) is 7.11 Å². The predicted molar refractivity (Wildman–Crippen MR) is 64.1 cm³/mol. The largest absolute Gasteiger partial charge is 0.465 e. The third-order valence-electron chi connectivity index (χ3n) is 2.72. The number of pyridine rings is 1. The maximum absolute atomic E-state index is 11.7. The van der Waals surface area contributed by atoms with Crippen molar-refractivity contribution >= 4 is 11.6 Å². The average Bonchev–Trinajstić information content (AvgIpc) is 3.06. The van der Waals surface area contributed by atoms with Crippen molar-refractivity contribution in [3.63, 3.8) is 0 Å². The second-order valence-corrected chi connectivity index (χ2v) is 3.78. The average molecular weight is 242 g/mol. The van der Waals surface area contributed by atoms with Gasteiger partial charge in [-0.15, -0.1) is 0 Å². The zero-order valence-electron chi connectivity index (χ0n) is 9.62. The Hall–Kier alpha value is -2.63. The van der Waals surface area contributed by atoms with Crippen molar-refractivity contribution in [2.45, 2.75) is 0 Å². The summed E-state index contributed by atoms with van der Waals surface area (Å²) in [6, 6.07) is 1.75. The number of methoxy groups -OCH3 is 1. The SMILES string of the molecule is COC(=O)c1cc(-c2cn[nH]c2)cn2ccnc12. The molecule has 0 saturated heterocycles. The number of fused-ring (bicyclic) bond motifs is 1. The van der Waals surface area contributed by atoms with Crippen molar-refractivity contribution in [1.82, 2.24) is 19.6 Å². The molecule has 0 fully saturated rings. The first-order valence-electron chi connectivity index (χ1n) is 5.34. The number of nitrogens with one attached hydrogen (secondary N) is 1. The van der Waals surface area contributed by atoms with Gasteiger partial charge >= 0.3 is 5.97 Å². The number of hydrogen-bond acceptors (Lipinski definition) is 4. The second-order valence-electron chi connectivity index (χ2n) is 3.78. The molecular weight excluding hydrogens is 232 g/mol. The van der Waals surface area contributed by atoms with E-state index in [1.54, 1.807) is 35.3 Å². The molecule has 0 radical (unpaired) electrons. The molecule has 3 aromatic rings. The molecule has 0 saturated carbocycles. The fourth-order valence-electron chi connectivity index (χ4n) is 1.86. The fourth-order valence-corrected chi connectivity index (χ4v) is 1.86. The summed E-state index contributed by atoms with van der Waals surface area (Å²) in [5.41, 5.74) is 2.78. The number of aromatic amines is 1. The van der Waals surface area contributed by atoms with Crippen molar-refractivity contribution in [2.24, 2.45) is 0 Å². The summed E-state index contributed by atoms with van der Waals surface area (Å²) in [6.07, 6.45) is 8.77. The highest BCUT2D eigenvalue weighted by Gasteiger charge is 2.14. The van der Waals surface area contributed by atoms with Crippen LogP contribution in [0.15, 0.2) is 37.1 Å².